The zero-order valence-corrected chi connectivity index (χ0v) is 6.88. The van der Waals surface area contributed by atoms with Gasteiger partial charge in [0.2, 0.25) is 0 Å². The van der Waals surface area contributed by atoms with E-state index in [0.717, 1.165) is 19.4 Å². The van der Waals surface area contributed by atoms with E-state index >= 15 is 0 Å². The Morgan fingerprint density at radius 3 is 3.00 bits per heavy atom. The lowest BCUT2D eigenvalue weighted by Gasteiger charge is -2.24. The van der Waals surface area contributed by atoms with Gasteiger partial charge < -0.3 is 9.64 Å². The maximum absolute atomic E-state index is 11.1. The summed E-state index contributed by atoms with van der Waals surface area (Å²) in [6.07, 6.45) is 3.08. The first-order valence-electron chi connectivity index (χ1n) is 4.11. The molecule has 63 valence electrons. The van der Waals surface area contributed by atoms with Crippen LogP contribution in [0.4, 0.5) is 4.79 Å². The van der Waals surface area contributed by atoms with Crippen molar-refractivity contribution in [3.8, 4) is 0 Å². The number of hydrogen-bond acceptors (Lipinski definition) is 2. The predicted octanol–water partition coefficient (Wildman–Crippen LogP) is 1.79. The van der Waals surface area contributed by atoms with Crippen LogP contribution in [0.2, 0.25) is 0 Å². The van der Waals surface area contributed by atoms with E-state index < -0.39 is 0 Å². The van der Waals surface area contributed by atoms with Crippen molar-refractivity contribution in [3.63, 3.8) is 0 Å². The number of amides is 1. The molecule has 0 unspecified atom stereocenters. The normalized spacial score (nSPS) is 18.1. The Hall–Kier alpha value is -0.730. The quantitative estimate of drug-likeness (QED) is 0.579. The zero-order valence-electron chi connectivity index (χ0n) is 6.88. The van der Waals surface area contributed by atoms with Crippen LogP contribution in [0.3, 0.4) is 0 Å². The second kappa shape index (κ2) is 4.21. The Balaban J connectivity index is 2.27. The molecule has 0 bridgehead atoms. The molecule has 0 aromatic heterocycles. The monoisotopic (exact) mass is 156 g/mol. The van der Waals surface area contributed by atoms with Crippen molar-refractivity contribution in [1.29, 1.82) is 0 Å². The lowest BCUT2D eigenvalue weighted by atomic mass is 10.1. The van der Waals surface area contributed by atoms with Crippen LogP contribution in [0.25, 0.3) is 0 Å². The molecule has 3 nitrogen and oxygen atoms in total. The first-order valence-corrected chi connectivity index (χ1v) is 4.11. The molecule has 1 aliphatic rings. The van der Waals surface area contributed by atoms with Crippen molar-refractivity contribution in [2.45, 2.75) is 26.2 Å². The number of rotatable bonds is 1. The average Bonchev–Trinajstić information content (AvgIpc) is 2.07. The van der Waals surface area contributed by atoms with Crippen molar-refractivity contribution < 1.29 is 9.53 Å². The summed E-state index contributed by atoms with van der Waals surface area (Å²) in [5.74, 6) is 0. The summed E-state index contributed by atoms with van der Waals surface area (Å²) in [7, 11) is 0. The Morgan fingerprint density at radius 1 is 1.64 bits per heavy atom. The van der Waals surface area contributed by atoms with Gasteiger partial charge in [0.15, 0.2) is 0 Å². The molecule has 1 heterocycles. The Bertz CT molecular complexity index is 130. The molecular formula is C8H14NO2. The maximum Gasteiger partial charge on any atom is 0.410 e. The molecule has 0 N–H and O–H groups in total. The second-order valence-electron chi connectivity index (χ2n) is 2.57. The van der Waals surface area contributed by atoms with Gasteiger partial charge in [-0.2, -0.15) is 0 Å². The SMILES string of the molecule is CCOC(=O)N1[CH]CCCC1. The van der Waals surface area contributed by atoms with Crippen molar-refractivity contribution in [3.05, 3.63) is 6.54 Å². The first kappa shape index (κ1) is 8.37. The Morgan fingerprint density at radius 2 is 2.45 bits per heavy atom. The van der Waals surface area contributed by atoms with E-state index in [2.05, 4.69) is 0 Å². The predicted molar refractivity (Wildman–Crippen MR) is 41.9 cm³/mol. The van der Waals surface area contributed by atoms with Crippen LogP contribution in [0.1, 0.15) is 26.2 Å². The number of hydrogen-bond donors (Lipinski definition) is 0. The fourth-order valence-electron chi connectivity index (χ4n) is 1.14. The van der Waals surface area contributed by atoms with Gasteiger partial charge in [0, 0.05) is 6.54 Å². The van der Waals surface area contributed by atoms with Gasteiger partial charge in [-0.05, 0) is 26.2 Å². The lowest BCUT2D eigenvalue weighted by molar-refractivity contribution is 0.111. The standard InChI is InChI=1S/C8H14NO2/c1-2-11-8(10)9-6-4-3-5-7-9/h6H,2-5,7H2,1H3. The summed E-state index contributed by atoms with van der Waals surface area (Å²) in [4.78, 5) is 12.7. The van der Waals surface area contributed by atoms with Crippen molar-refractivity contribution in [1.82, 2.24) is 4.90 Å². The van der Waals surface area contributed by atoms with Crippen LogP contribution in [0, 0.1) is 6.54 Å². The first-order chi connectivity index (χ1) is 5.34. The lowest BCUT2D eigenvalue weighted by Crippen LogP contribution is -2.32. The van der Waals surface area contributed by atoms with Crippen LogP contribution in [0.5, 0.6) is 0 Å². The third-order valence-corrected chi connectivity index (χ3v) is 1.70. The van der Waals surface area contributed by atoms with E-state index in [0.29, 0.717) is 6.61 Å². The van der Waals surface area contributed by atoms with Crippen LogP contribution < -0.4 is 0 Å². The van der Waals surface area contributed by atoms with E-state index in [1.807, 2.05) is 13.5 Å². The molecule has 1 rings (SSSR count). The molecule has 1 aliphatic heterocycles. The van der Waals surface area contributed by atoms with Gasteiger partial charge in [-0.1, -0.05) is 0 Å². The molecule has 0 saturated carbocycles. The molecular weight excluding hydrogens is 142 g/mol. The van der Waals surface area contributed by atoms with Crippen molar-refractivity contribution in [2.24, 2.45) is 0 Å². The van der Waals surface area contributed by atoms with Crippen LogP contribution in [-0.4, -0.2) is 24.1 Å². The number of piperidine rings is 1. The van der Waals surface area contributed by atoms with E-state index in [4.69, 9.17) is 4.74 Å². The smallest absolute Gasteiger partial charge is 0.410 e. The minimum absolute atomic E-state index is 0.202. The van der Waals surface area contributed by atoms with Crippen molar-refractivity contribution >= 4 is 6.09 Å². The highest BCUT2D eigenvalue weighted by Crippen LogP contribution is 2.13. The zero-order chi connectivity index (χ0) is 8.10. The summed E-state index contributed by atoms with van der Waals surface area (Å²) in [5.41, 5.74) is 0. The van der Waals surface area contributed by atoms with Gasteiger partial charge in [-0.15, -0.1) is 0 Å². The molecule has 0 atom stereocenters. The van der Waals surface area contributed by atoms with E-state index in [1.54, 1.807) is 4.90 Å². The number of likely N-dealkylation sites (tertiary alicyclic amines) is 1. The minimum Gasteiger partial charge on any atom is -0.450 e. The number of ether oxygens (including phenoxy) is 1. The molecule has 0 aromatic carbocycles. The van der Waals surface area contributed by atoms with Crippen LogP contribution in [0.15, 0.2) is 0 Å². The third-order valence-electron chi connectivity index (χ3n) is 1.70. The molecule has 11 heavy (non-hydrogen) atoms. The highest BCUT2D eigenvalue weighted by atomic mass is 16.6. The molecule has 0 aromatic rings. The van der Waals surface area contributed by atoms with Gasteiger partial charge in [-0.25, -0.2) is 4.79 Å². The fourth-order valence-corrected chi connectivity index (χ4v) is 1.14. The number of nitrogens with zero attached hydrogens (tertiary/aromatic N) is 1. The van der Waals surface area contributed by atoms with Crippen LogP contribution >= 0.6 is 0 Å². The third kappa shape index (κ3) is 2.41. The summed E-state index contributed by atoms with van der Waals surface area (Å²) in [6.45, 7) is 5.02. The van der Waals surface area contributed by atoms with E-state index in [-0.39, 0.29) is 6.09 Å². The van der Waals surface area contributed by atoms with E-state index in [9.17, 15) is 4.79 Å². The van der Waals surface area contributed by atoms with Crippen LogP contribution in [-0.2, 0) is 4.74 Å². The number of carbonyl (C=O) groups excluding carboxylic acids is 1. The minimum atomic E-state index is -0.202. The average molecular weight is 156 g/mol. The van der Waals surface area contributed by atoms with Gasteiger partial charge in [0.1, 0.15) is 0 Å². The summed E-state index contributed by atoms with van der Waals surface area (Å²) < 4.78 is 4.84. The summed E-state index contributed by atoms with van der Waals surface area (Å²) in [6, 6.07) is 0. The summed E-state index contributed by atoms with van der Waals surface area (Å²) >= 11 is 0. The molecule has 1 saturated heterocycles. The molecule has 1 radical (unpaired) electrons. The highest BCUT2D eigenvalue weighted by Gasteiger charge is 2.16. The highest BCUT2D eigenvalue weighted by molar-refractivity contribution is 5.68. The molecule has 1 fully saturated rings. The maximum atomic E-state index is 11.1. The fraction of sp³-hybridized carbons (Fsp3) is 0.750. The van der Waals surface area contributed by atoms with Gasteiger partial charge in [-0.3, -0.25) is 0 Å². The largest absolute Gasteiger partial charge is 0.450 e. The molecule has 0 aliphatic carbocycles. The summed E-state index contributed by atoms with van der Waals surface area (Å²) in [5, 5.41) is 0. The second-order valence-corrected chi connectivity index (χ2v) is 2.57. The molecule has 1 amide bonds. The van der Waals surface area contributed by atoms with Crippen molar-refractivity contribution in [2.75, 3.05) is 13.2 Å². The van der Waals surface area contributed by atoms with E-state index in [1.165, 1.54) is 6.42 Å². The number of carbonyl (C=O) groups is 1. The molecule has 0 spiro atoms. The Kier molecular flexibility index (Phi) is 3.20. The topological polar surface area (TPSA) is 29.5 Å². The van der Waals surface area contributed by atoms with Gasteiger partial charge in [0.05, 0.1) is 13.2 Å². The molecule has 3 heteroatoms. The van der Waals surface area contributed by atoms with Gasteiger partial charge in [0.25, 0.3) is 0 Å². The Labute approximate surface area is 67.3 Å². The van der Waals surface area contributed by atoms with Gasteiger partial charge >= 0.3 is 6.09 Å².